The van der Waals surface area contributed by atoms with Crippen molar-refractivity contribution in [2.45, 2.75) is 19.1 Å². The number of rotatable bonds is 10. The molecule has 11 heteroatoms. The molecular weight excluding hydrogens is 490 g/mol. The van der Waals surface area contributed by atoms with Gasteiger partial charge in [0.25, 0.3) is 11.8 Å². The number of H-pyrrole nitrogens is 1. The highest BCUT2D eigenvalue weighted by Crippen LogP contribution is 2.19. The Labute approximate surface area is 209 Å². The van der Waals surface area contributed by atoms with E-state index in [-0.39, 0.29) is 17.1 Å². The van der Waals surface area contributed by atoms with Crippen LogP contribution in [0.5, 0.6) is 0 Å². The highest BCUT2D eigenvalue weighted by molar-refractivity contribution is 7.12. The molecule has 2 aromatic carbocycles. The molecular formula is C24H22ClN5O4S. The van der Waals surface area contributed by atoms with Crippen molar-refractivity contribution in [1.29, 1.82) is 0 Å². The summed E-state index contributed by atoms with van der Waals surface area (Å²) in [4.78, 5) is 36.8. The molecule has 0 radical (unpaired) electrons. The number of carbonyl (C=O) groups excluding carboxylic acids is 2. The Hall–Kier alpha value is -3.73. The van der Waals surface area contributed by atoms with E-state index in [4.69, 9.17) is 11.6 Å². The van der Waals surface area contributed by atoms with Gasteiger partial charge >= 0.3 is 5.97 Å². The first-order chi connectivity index (χ1) is 16.9. The van der Waals surface area contributed by atoms with E-state index in [0.717, 1.165) is 22.0 Å². The number of carboxylic acid groups (broad SMARTS) is 1. The van der Waals surface area contributed by atoms with Crippen LogP contribution in [-0.2, 0) is 17.9 Å². The number of thiophene rings is 1. The molecule has 2 aromatic heterocycles. The molecule has 0 bridgehead atoms. The SMILES string of the molecule is O=C(NC[C@H](NC(=O)c1ccc(CNCc2cccc3[nH]ncc23)cc1Cl)C(=O)O)c1cccs1. The summed E-state index contributed by atoms with van der Waals surface area (Å²) >= 11 is 7.56. The van der Waals surface area contributed by atoms with Gasteiger partial charge in [-0.3, -0.25) is 14.7 Å². The maximum absolute atomic E-state index is 12.7. The number of benzene rings is 2. The second-order valence-electron chi connectivity index (χ2n) is 7.72. The lowest BCUT2D eigenvalue weighted by Crippen LogP contribution is -2.48. The van der Waals surface area contributed by atoms with Gasteiger partial charge in [0, 0.05) is 25.0 Å². The van der Waals surface area contributed by atoms with Crippen LogP contribution in [0, 0.1) is 0 Å². The van der Waals surface area contributed by atoms with Gasteiger partial charge in [-0.25, -0.2) is 4.79 Å². The van der Waals surface area contributed by atoms with E-state index in [9.17, 15) is 19.5 Å². The number of halogens is 1. The summed E-state index contributed by atoms with van der Waals surface area (Å²) in [6.07, 6.45) is 1.79. The summed E-state index contributed by atoms with van der Waals surface area (Å²) in [6, 6.07) is 12.9. The Bertz CT molecular complexity index is 1360. The monoisotopic (exact) mass is 511 g/mol. The van der Waals surface area contributed by atoms with Crippen molar-refractivity contribution >= 4 is 51.6 Å². The Kier molecular flexibility index (Phi) is 7.76. The topological polar surface area (TPSA) is 136 Å². The lowest BCUT2D eigenvalue weighted by molar-refractivity contribution is -0.139. The predicted octanol–water partition coefficient (Wildman–Crippen LogP) is 3.18. The van der Waals surface area contributed by atoms with Crippen molar-refractivity contribution in [3.05, 3.63) is 86.7 Å². The third kappa shape index (κ3) is 6.04. The number of carboxylic acids is 1. The summed E-state index contributed by atoms with van der Waals surface area (Å²) in [5.41, 5.74) is 3.08. The number of aromatic amines is 1. The number of nitrogens with one attached hydrogen (secondary N) is 4. The van der Waals surface area contributed by atoms with E-state index >= 15 is 0 Å². The summed E-state index contributed by atoms with van der Waals surface area (Å²) < 4.78 is 0. The van der Waals surface area contributed by atoms with Crippen LogP contribution in [0.15, 0.2) is 60.1 Å². The van der Waals surface area contributed by atoms with Crippen LogP contribution in [0.1, 0.15) is 31.2 Å². The molecule has 0 unspecified atom stereocenters. The molecule has 0 saturated carbocycles. The Morgan fingerprint density at radius 1 is 1.09 bits per heavy atom. The van der Waals surface area contributed by atoms with Gasteiger partial charge < -0.3 is 21.1 Å². The van der Waals surface area contributed by atoms with Gasteiger partial charge in [0.15, 0.2) is 0 Å². The zero-order chi connectivity index (χ0) is 24.8. The van der Waals surface area contributed by atoms with Crippen molar-refractivity contribution in [3.8, 4) is 0 Å². The van der Waals surface area contributed by atoms with Crippen LogP contribution in [0.2, 0.25) is 5.02 Å². The van der Waals surface area contributed by atoms with E-state index in [1.54, 1.807) is 41.9 Å². The highest BCUT2D eigenvalue weighted by Gasteiger charge is 2.23. The highest BCUT2D eigenvalue weighted by atomic mass is 35.5. The maximum Gasteiger partial charge on any atom is 0.328 e. The van der Waals surface area contributed by atoms with Gasteiger partial charge in [0.1, 0.15) is 6.04 Å². The first kappa shape index (κ1) is 24.4. The van der Waals surface area contributed by atoms with Gasteiger partial charge in [0.05, 0.1) is 27.2 Å². The third-order valence-corrected chi connectivity index (χ3v) is 6.49. The largest absolute Gasteiger partial charge is 0.480 e. The van der Waals surface area contributed by atoms with Crippen LogP contribution < -0.4 is 16.0 Å². The molecule has 1 atom stereocenters. The fourth-order valence-electron chi connectivity index (χ4n) is 3.50. The molecule has 0 spiro atoms. The van der Waals surface area contributed by atoms with Crippen molar-refractivity contribution in [3.63, 3.8) is 0 Å². The molecule has 35 heavy (non-hydrogen) atoms. The molecule has 4 rings (SSSR count). The number of hydrogen-bond acceptors (Lipinski definition) is 6. The molecule has 5 N–H and O–H groups in total. The second kappa shape index (κ2) is 11.1. The van der Waals surface area contributed by atoms with Crippen LogP contribution in [0.4, 0.5) is 0 Å². The molecule has 9 nitrogen and oxygen atoms in total. The Morgan fingerprint density at radius 3 is 2.69 bits per heavy atom. The van der Waals surface area contributed by atoms with Gasteiger partial charge in [-0.05, 0) is 40.8 Å². The van der Waals surface area contributed by atoms with Gasteiger partial charge in [-0.15, -0.1) is 11.3 Å². The van der Waals surface area contributed by atoms with Crippen molar-refractivity contribution in [2.75, 3.05) is 6.54 Å². The lowest BCUT2D eigenvalue weighted by atomic mass is 10.1. The summed E-state index contributed by atoms with van der Waals surface area (Å²) in [5.74, 6) is -2.31. The number of amides is 2. The molecule has 2 amide bonds. The van der Waals surface area contributed by atoms with E-state index in [1.165, 1.54) is 11.3 Å². The Balaban J connectivity index is 1.33. The van der Waals surface area contributed by atoms with E-state index in [0.29, 0.717) is 18.0 Å². The maximum atomic E-state index is 12.7. The number of fused-ring (bicyclic) bond motifs is 1. The van der Waals surface area contributed by atoms with E-state index < -0.39 is 23.8 Å². The molecule has 0 saturated heterocycles. The lowest BCUT2D eigenvalue weighted by Gasteiger charge is -2.16. The van der Waals surface area contributed by atoms with Gasteiger partial charge in [0.2, 0.25) is 0 Å². The quantitative estimate of drug-likeness (QED) is 0.222. The predicted molar refractivity (Wildman–Crippen MR) is 134 cm³/mol. The molecule has 2 heterocycles. The summed E-state index contributed by atoms with van der Waals surface area (Å²) in [6.45, 7) is 0.872. The smallest absolute Gasteiger partial charge is 0.328 e. The standard InChI is InChI=1S/C24H22ClN5O4S/c25-18-9-14(10-26-11-15-3-1-4-19-17(15)12-28-30-19)6-7-16(18)22(31)29-20(24(33)34)13-27-23(32)21-5-2-8-35-21/h1-9,12,20,26H,10-11,13H2,(H,27,32)(H,28,30)(H,29,31)(H,33,34)/t20-/m0/s1. The Morgan fingerprint density at radius 2 is 1.94 bits per heavy atom. The minimum atomic E-state index is -1.31. The minimum absolute atomic E-state index is 0.148. The summed E-state index contributed by atoms with van der Waals surface area (Å²) in [5, 5.41) is 27.7. The molecule has 0 aliphatic heterocycles. The van der Waals surface area contributed by atoms with Gasteiger partial charge in [-0.2, -0.15) is 5.10 Å². The number of aliphatic carboxylic acids is 1. The zero-order valence-corrected chi connectivity index (χ0v) is 19.9. The van der Waals surface area contributed by atoms with Crippen molar-refractivity contribution in [2.24, 2.45) is 0 Å². The van der Waals surface area contributed by atoms with Crippen molar-refractivity contribution < 1.29 is 19.5 Å². The number of aromatic nitrogens is 2. The zero-order valence-electron chi connectivity index (χ0n) is 18.4. The average molecular weight is 512 g/mol. The van der Waals surface area contributed by atoms with Gasteiger partial charge in [-0.1, -0.05) is 35.9 Å². The third-order valence-electron chi connectivity index (χ3n) is 5.31. The molecule has 4 aromatic rings. The van der Waals surface area contributed by atoms with Crippen LogP contribution in [0.25, 0.3) is 10.9 Å². The molecule has 180 valence electrons. The number of nitrogens with zero attached hydrogens (tertiary/aromatic N) is 1. The molecule has 0 fully saturated rings. The first-order valence-electron chi connectivity index (χ1n) is 10.7. The average Bonchev–Trinajstić information content (AvgIpc) is 3.54. The second-order valence-corrected chi connectivity index (χ2v) is 9.07. The fraction of sp³-hybridized carbons (Fsp3) is 0.167. The van der Waals surface area contributed by atoms with Crippen LogP contribution >= 0.6 is 22.9 Å². The van der Waals surface area contributed by atoms with Crippen molar-refractivity contribution in [1.82, 2.24) is 26.1 Å². The first-order valence-corrected chi connectivity index (χ1v) is 11.9. The number of carbonyl (C=O) groups is 3. The van der Waals surface area contributed by atoms with E-state index in [2.05, 4.69) is 26.1 Å². The molecule has 0 aliphatic rings. The fourth-order valence-corrected chi connectivity index (χ4v) is 4.43. The van der Waals surface area contributed by atoms with Crippen LogP contribution in [0.3, 0.4) is 0 Å². The summed E-state index contributed by atoms with van der Waals surface area (Å²) in [7, 11) is 0. The van der Waals surface area contributed by atoms with E-state index in [1.807, 2.05) is 18.2 Å². The minimum Gasteiger partial charge on any atom is -0.480 e. The molecule has 0 aliphatic carbocycles. The van der Waals surface area contributed by atoms with Crippen LogP contribution in [-0.4, -0.2) is 45.7 Å². The normalized spacial score (nSPS) is 11.8. The number of hydrogen-bond donors (Lipinski definition) is 5.